The molecule has 0 spiro atoms. The average Bonchev–Trinajstić information content (AvgIpc) is 3.50. The Kier molecular flexibility index (Phi) is 6.69. The maximum Gasteiger partial charge on any atom is 0.233 e. The number of carbonyl (C=O) groups is 1. The van der Waals surface area contributed by atoms with Gasteiger partial charge in [-0.2, -0.15) is 15.0 Å². The van der Waals surface area contributed by atoms with Crippen LogP contribution in [0.1, 0.15) is 47.2 Å². The maximum atomic E-state index is 13.6. The highest BCUT2D eigenvalue weighted by atomic mass is 16.5. The Morgan fingerprint density at radius 1 is 1.24 bits per heavy atom. The van der Waals surface area contributed by atoms with Crippen LogP contribution in [0.2, 0.25) is 0 Å². The zero-order valence-electron chi connectivity index (χ0n) is 18.4. The maximum absolute atomic E-state index is 13.6. The Hall–Kier alpha value is -4.12. The van der Waals surface area contributed by atoms with Crippen LogP contribution >= 0.6 is 0 Å². The van der Waals surface area contributed by atoms with Crippen LogP contribution in [0.15, 0.2) is 59.7 Å². The molecule has 0 amide bonds. The van der Waals surface area contributed by atoms with E-state index in [0.29, 0.717) is 23.7 Å². The number of nitrogens with two attached hydrogens (primary N) is 1. The number of hydrogen-bond acceptors (Lipinski definition) is 7. The predicted octanol–water partition coefficient (Wildman–Crippen LogP) is 4.00. The van der Waals surface area contributed by atoms with Gasteiger partial charge in [-0.3, -0.25) is 9.79 Å². The molecule has 2 aromatic carbocycles. The average molecular weight is 444 g/mol. The Bertz CT molecular complexity index is 1200. The van der Waals surface area contributed by atoms with Crippen molar-refractivity contribution >= 4 is 17.4 Å². The number of benzene rings is 2. The molecule has 2 N–H and O–H groups in total. The Balaban J connectivity index is 1.65. The molecule has 1 fully saturated rings. The topological polar surface area (TPSA) is 116 Å². The molecule has 0 radical (unpaired) electrons. The number of ketones is 1. The summed E-state index contributed by atoms with van der Waals surface area (Å²) in [6.07, 6.45) is 5.25. The molecule has 8 nitrogen and oxygen atoms in total. The fourth-order valence-electron chi connectivity index (χ4n) is 3.84. The SMILES string of the molecule is COc1cc(OCc2ccccc2)ccc1C(=O)/C(=N\C1CCCC1)n1ncc(C#N)c1N. The van der Waals surface area contributed by atoms with Gasteiger partial charge in [0.25, 0.3) is 0 Å². The van der Waals surface area contributed by atoms with Gasteiger partial charge in [-0.15, -0.1) is 0 Å². The molecule has 4 rings (SSSR count). The largest absolute Gasteiger partial charge is 0.496 e. The van der Waals surface area contributed by atoms with Crippen molar-refractivity contribution in [1.82, 2.24) is 9.78 Å². The first-order valence-electron chi connectivity index (χ1n) is 10.8. The molecule has 0 aliphatic heterocycles. The van der Waals surface area contributed by atoms with Gasteiger partial charge in [0.1, 0.15) is 35.6 Å². The highest BCUT2D eigenvalue weighted by molar-refractivity contribution is 6.46. The summed E-state index contributed by atoms with van der Waals surface area (Å²) in [4.78, 5) is 18.3. The van der Waals surface area contributed by atoms with Gasteiger partial charge >= 0.3 is 0 Å². The van der Waals surface area contributed by atoms with E-state index in [4.69, 9.17) is 20.2 Å². The molecule has 0 bridgehead atoms. The number of anilines is 1. The molecule has 8 heteroatoms. The lowest BCUT2D eigenvalue weighted by Gasteiger charge is -2.14. The Morgan fingerprint density at radius 2 is 2.00 bits per heavy atom. The van der Waals surface area contributed by atoms with Gasteiger partial charge < -0.3 is 15.2 Å². The molecular weight excluding hydrogens is 418 g/mol. The van der Waals surface area contributed by atoms with E-state index in [0.717, 1.165) is 31.2 Å². The number of carbonyl (C=O) groups excluding carboxylic acids is 1. The van der Waals surface area contributed by atoms with Crippen molar-refractivity contribution in [3.63, 3.8) is 0 Å². The molecule has 33 heavy (non-hydrogen) atoms. The van der Waals surface area contributed by atoms with Gasteiger partial charge in [-0.1, -0.05) is 43.2 Å². The quantitative estimate of drug-likeness (QED) is 0.335. The van der Waals surface area contributed by atoms with Gasteiger partial charge in [-0.05, 0) is 30.5 Å². The second-order valence-corrected chi connectivity index (χ2v) is 7.82. The molecule has 1 aliphatic carbocycles. The van der Waals surface area contributed by atoms with Gasteiger partial charge in [0.05, 0.1) is 24.9 Å². The van der Waals surface area contributed by atoms with Gasteiger partial charge in [-0.25, -0.2) is 0 Å². The normalized spacial score (nSPS) is 14.1. The minimum absolute atomic E-state index is 0.0116. The molecule has 0 atom stereocenters. The van der Waals surface area contributed by atoms with E-state index < -0.39 is 0 Å². The first-order chi connectivity index (χ1) is 16.1. The van der Waals surface area contributed by atoms with Crippen molar-refractivity contribution in [3.8, 4) is 17.6 Å². The first kappa shape index (κ1) is 22.1. The second-order valence-electron chi connectivity index (χ2n) is 7.82. The van der Waals surface area contributed by atoms with Crippen molar-refractivity contribution in [2.24, 2.45) is 4.99 Å². The third-order valence-electron chi connectivity index (χ3n) is 5.63. The standard InChI is InChI=1S/C25H25N5O3/c1-32-22-13-20(33-16-17-7-3-2-4-8-17)11-12-21(22)23(31)25(29-19-9-5-6-10-19)30-24(27)18(14-26)15-28-30/h2-4,7-8,11-13,15,19H,5-6,9-10,16,27H2,1H3/b29-25+. The molecule has 1 aromatic heterocycles. The van der Waals surface area contributed by atoms with Crippen LogP contribution in [-0.2, 0) is 6.61 Å². The fraction of sp³-hybridized carbons (Fsp3) is 0.280. The van der Waals surface area contributed by atoms with E-state index in [1.165, 1.54) is 18.0 Å². The summed E-state index contributed by atoms with van der Waals surface area (Å²) in [6.45, 7) is 0.395. The number of ether oxygens (including phenoxy) is 2. The molecule has 168 valence electrons. The third kappa shape index (κ3) is 4.88. The first-order valence-corrected chi connectivity index (χ1v) is 10.8. The van der Waals surface area contributed by atoms with E-state index in [-0.39, 0.29) is 29.0 Å². The van der Waals surface area contributed by atoms with Gasteiger partial charge in [0.2, 0.25) is 5.78 Å². The molecule has 0 unspecified atom stereocenters. The smallest absolute Gasteiger partial charge is 0.233 e. The summed E-state index contributed by atoms with van der Waals surface area (Å²) in [5.74, 6) is 0.719. The lowest BCUT2D eigenvalue weighted by molar-refractivity contribution is 0.105. The third-order valence-corrected chi connectivity index (χ3v) is 5.63. The number of aliphatic imine (C=N–C) groups is 1. The molecular formula is C25H25N5O3. The number of Topliss-reactive ketones (excluding diaryl/α,β-unsaturated/α-hetero) is 1. The van der Waals surface area contributed by atoms with E-state index in [1.807, 2.05) is 36.4 Å². The summed E-state index contributed by atoms with van der Waals surface area (Å²) in [5, 5.41) is 13.4. The summed E-state index contributed by atoms with van der Waals surface area (Å²) in [7, 11) is 1.50. The van der Waals surface area contributed by atoms with E-state index in [1.54, 1.807) is 18.2 Å². The van der Waals surface area contributed by atoms with E-state index in [9.17, 15) is 10.1 Å². The lowest BCUT2D eigenvalue weighted by atomic mass is 10.1. The van der Waals surface area contributed by atoms with Crippen molar-refractivity contribution in [3.05, 3.63) is 71.4 Å². The van der Waals surface area contributed by atoms with Crippen molar-refractivity contribution in [2.75, 3.05) is 12.8 Å². The Morgan fingerprint density at radius 3 is 2.67 bits per heavy atom. The van der Waals surface area contributed by atoms with Gasteiger partial charge in [0.15, 0.2) is 5.84 Å². The minimum atomic E-state index is -0.382. The number of nitrogens with zero attached hydrogens (tertiary/aromatic N) is 4. The predicted molar refractivity (Wildman–Crippen MR) is 125 cm³/mol. The highest BCUT2D eigenvalue weighted by Crippen LogP contribution is 2.28. The van der Waals surface area contributed by atoms with Crippen molar-refractivity contribution < 1.29 is 14.3 Å². The minimum Gasteiger partial charge on any atom is -0.496 e. The number of rotatable bonds is 7. The molecule has 0 saturated heterocycles. The highest BCUT2D eigenvalue weighted by Gasteiger charge is 2.26. The number of methoxy groups -OCH3 is 1. The summed E-state index contributed by atoms with van der Waals surface area (Å²) in [5.41, 5.74) is 7.63. The molecule has 1 saturated carbocycles. The number of nitriles is 1. The second kappa shape index (κ2) is 10.0. The molecule has 1 heterocycles. The number of nitrogen functional groups attached to an aromatic ring is 1. The molecule has 1 aliphatic rings. The van der Waals surface area contributed by atoms with Gasteiger partial charge in [0, 0.05) is 6.07 Å². The monoisotopic (exact) mass is 443 g/mol. The zero-order chi connectivity index (χ0) is 23.2. The number of hydrogen-bond donors (Lipinski definition) is 1. The summed E-state index contributed by atoms with van der Waals surface area (Å²) >= 11 is 0. The van der Waals surface area contributed by atoms with Crippen LogP contribution in [0.3, 0.4) is 0 Å². The van der Waals surface area contributed by atoms with Crippen LogP contribution in [0, 0.1) is 11.3 Å². The van der Waals surface area contributed by atoms with E-state index in [2.05, 4.69) is 5.10 Å². The fourth-order valence-corrected chi connectivity index (χ4v) is 3.84. The van der Waals surface area contributed by atoms with Crippen molar-refractivity contribution in [2.45, 2.75) is 38.3 Å². The van der Waals surface area contributed by atoms with Crippen LogP contribution < -0.4 is 15.2 Å². The van der Waals surface area contributed by atoms with Crippen LogP contribution in [0.4, 0.5) is 5.82 Å². The van der Waals surface area contributed by atoms with Crippen LogP contribution in [0.5, 0.6) is 11.5 Å². The Labute approximate surface area is 192 Å². The lowest BCUT2D eigenvalue weighted by Crippen LogP contribution is -2.28. The van der Waals surface area contributed by atoms with Crippen molar-refractivity contribution in [1.29, 1.82) is 5.26 Å². The summed E-state index contributed by atoms with van der Waals surface area (Å²) < 4.78 is 12.6. The van der Waals surface area contributed by atoms with Crippen LogP contribution in [-0.4, -0.2) is 34.6 Å². The zero-order valence-corrected chi connectivity index (χ0v) is 18.4. The van der Waals surface area contributed by atoms with E-state index >= 15 is 0 Å². The number of aromatic nitrogens is 2. The van der Waals surface area contributed by atoms with Crippen LogP contribution in [0.25, 0.3) is 0 Å². The summed E-state index contributed by atoms with van der Waals surface area (Å²) in [6, 6.07) is 16.8. The molecule has 3 aromatic rings.